The van der Waals surface area contributed by atoms with E-state index in [2.05, 4.69) is 15.5 Å². The molecule has 8 nitrogen and oxygen atoms in total. The molecule has 3 rings (SSSR count). The van der Waals surface area contributed by atoms with Crippen molar-refractivity contribution in [1.29, 1.82) is 0 Å². The first-order chi connectivity index (χ1) is 15.2. The molecule has 1 heterocycles. The first-order valence-corrected chi connectivity index (χ1v) is 11.7. The molecule has 0 bridgehead atoms. The summed E-state index contributed by atoms with van der Waals surface area (Å²) in [6.07, 6.45) is 3.88. The Balaban J connectivity index is 1.75. The standard InChI is InChI=1S/C23H32N4O4S/c1-14(2)31-23(30)26-18-9-10-19(16(11-18)13-27(3)4)20-12-24-21(32-20)15-5-7-17(8-6-15)25-22(28)29/h9-12,14-15,17,25H,5-8,13H2,1-4H3,(H,26,30)(H,28,29)/t15-,17-. The number of ether oxygens (including phenoxy) is 1. The molecule has 0 aliphatic heterocycles. The summed E-state index contributed by atoms with van der Waals surface area (Å²) in [5.41, 5.74) is 2.90. The van der Waals surface area contributed by atoms with E-state index in [0.717, 1.165) is 53.2 Å². The highest BCUT2D eigenvalue weighted by Gasteiger charge is 2.25. The minimum absolute atomic E-state index is 0.0392. The highest BCUT2D eigenvalue weighted by molar-refractivity contribution is 7.15. The fourth-order valence-electron chi connectivity index (χ4n) is 4.00. The van der Waals surface area contributed by atoms with E-state index in [1.807, 2.05) is 52.3 Å². The first-order valence-electron chi connectivity index (χ1n) is 10.9. The van der Waals surface area contributed by atoms with Crippen LogP contribution in [0.3, 0.4) is 0 Å². The molecular weight excluding hydrogens is 428 g/mol. The van der Waals surface area contributed by atoms with Crippen molar-refractivity contribution in [2.24, 2.45) is 0 Å². The number of rotatable bonds is 7. The van der Waals surface area contributed by atoms with Crippen molar-refractivity contribution >= 4 is 29.2 Å². The molecule has 1 aromatic carbocycles. The average molecular weight is 461 g/mol. The van der Waals surface area contributed by atoms with Gasteiger partial charge in [0, 0.05) is 30.4 Å². The number of benzene rings is 1. The van der Waals surface area contributed by atoms with Gasteiger partial charge < -0.3 is 20.1 Å². The molecule has 174 valence electrons. The van der Waals surface area contributed by atoms with Crippen LogP contribution in [0, 0.1) is 0 Å². The molecule has 2 amide bonds. The van der Waals surface area contributed by atoms with Crippen molar-refractivity contribution in [3.05, 3.63) is 35.0 Å². The Morgan fingerprint density at radius 2 is 1.97 bits per heavy atom. The third-order valence-electron chi connectivity index (χ3n) is 5.37. The van der Waals surface area contributed by atoms with Crippen LogP contribution in [-0.4, -0.2) is 53.4 Å². The predicted molar refractivity (Wildman–Crippen MR) is 126 cm³/mol. The van der Waals surface area contributed by atoms with Gasteiger partial charge in [0.05, 0.1) is 16.0 Å². The molecule has 0 spiro atoms. The average Bonchev–Trinajstić information content (AvgIpc) is 3.17. The van der Waals surface area contributed by atoms with Crippen molar-refractivity contribution in [3.8, 4) is 10.4 Å². The lowest BCUT2D eigenvalue weighted by molar-refractivity contribution is 0.130. The summed E-state index contributed by atoms with van der Waals surface area (Å²) in [6.45, 7) is 4.36. The first kappa shape index (κ1) is 24.0. The van der Waals surface area contributed by atoms with Crippen LogP contribution in [0.2, 0.25) is 0 Å². The minimum atomic E-state index is -0.950. The number of hydrogen-bond acceptors (Lipinski definition) is 6. The zero-order valence-corrected chi connectivity index (χ0v) is 19.9. The Hall–Kier alpha value is -2.65. The van der Waals surface area contributed by atoms with Gasteiger partial charge in [-0.25, -0.2) is 14.6 Å². The quantitative estimate of drug-likeness (QED) is 0.530. The zero-order valence-electron chi connectivity index (χ0n) is 19.1. The Morgan fingerprint density at radius 3 is 2.59 bits per heavy atom. The van der Waals surface area contributed by atoms with Gasteiger partial charge in [-0.05, 0) is 76.9 Å². The van der Waals surface area contributed by atoms with Crippen molar-refractivity contribution in [2.75, 3.05) is 19.4 Å². The fourth-order valence-corrected chi connectivity index (χ4v) is 5.15. The summed E-state index contributed by atoms with van der Waals surface area (Å²) in [5, 5.41) is 15.4. The second-order valence-electron chi connectivity index (χ2n) is 8.75. The van der Waals surface area contributed by atoms with Gasteiger partial charge in [0.25, 0.3) is 0 Å². The van der Waals surface area contributed by atoms with Crippen LogP contribution in [0.5, 0.6) is 0 Å². The van der Waals surface area contributed by atoms with Gasteiger partial charge in [-0.1, -0.05) is 6.07 Å². The largest absolute Gasteiger partial charge is 0.465 e. The van der Waals surface area contributed by atoms with Crippen LogP contribution in [0.1, 0.15) is 56.0 Å². The zero-order chi connectivity index (χ0) is 23.3. The molecule has 32 heavy (non-hydrogen) atoms. The molecule has 1 saturated carbocycles. The lowest BCUT2D eigenvalue weighted by Crippen LogP contribution is -2.36. The summed E-state index contributed by atoms with van der Waals surface area (Å²) in [6, 6.07) is 5.93. The van der Waals surface area contributed by atoms with Gasteiger partial charge in [0.15, 0.2) is 0 Å². The Bertz CT molecular complexity index is 936. The second-order valence-corrected chi connectivity index (χ2v) is 9.81. The van der Waals surface area contributed by atoms with Crippen LogP contribution in [-0.2, 0) is 11.3 Å². The molecule has 0 saturated heterocycles. The highest BCUT2D eigenvalue weighted by Crippen LogP contribution is 2.39. The van der Waals surface area contributed by atoms with E-state index in [4.69, 9.17) is 14.8 Å². The number of nitrogens with one attached hydrogen (secondary N) is 2. The number of thiazole rings is 1. The van der Waals surface area contributed by atoms with Gasteiger partial charge in [-0.3, -0.25) is 5.32 Å². The molecule has 1 aromatic heterocycles. The van der Waals surface area contributed by atoms with E-state index < -0.39 is 12.2 Å². The number of aromatic nitrogens is 1. The molecule has 9 heteroatoms. The molecule has 3 N–H and O–H groups in total. The van der Waals surface area contributed by atoms with Gasteiger partial charge in [-0.15, -0.1) is 11.3 Å². The molecule has 1 aliphatic carbocycles. The van der Waals surface area contributed by atoms with Gasteiger partial charge in [0.1, 0.15) is 0 Å². The third kappa shape index (κ3) is 6.67. The molecular formula is C23H32N4O4S. The van der Waals surface area contributed by atoms with Crippen molar-refractivity contribution in [3.63, 3.8) is 0 Å². The van der Waals surface area contributed by atoms with E-state index in [1.165, 1.54) is 0 Å². The van der Waals surface area contributed by atoms with Gasteiger partial charge >= 0.3 is 12.2 Å². The fraction of sp³-hybridized carbons (Fsp3) is 0.522. The SMILES string of the molecule is CC(C)OC(=O)Nc1ccc(-c2cnc([C@H]3CC[C@H](NC(=O)O)CC3)s2)c(CN(C)C)c1. The summed E-state index contributed by atoms with van der Waals surface area (Å²) < 4.78 is 5.18. The lowest BCUT2D eigenvalue weighted by atomic mass is 9.86. The summed E-state index contributed by atoms with van der Waals surface area (Å²) in [7, 11) is 4.03. The molecule has 1 aliphatic rings. The topological polar surface area (TPSA) is 104 Å². The number of carbonyl (C=O) groups excluding carboxylic acids is 1. The molecule has 0 unspecified atom stereocenters. The lowest BCUT2D eigenvalue weighted by Gasteiger charge is -2.27. The molecule has 2 aromatic rings. The Kier molecular flexibility index (Phi) is 8.09. The Morgan fingerprint density at radius 1 is 1.25 bits per heavy atom. The summed E-state index contributed by atoms with van der Waals surface area (Å²) in [5.74, 6) is 0.365. The van der Waals surface area contributed by atoms with Crippen LogP contribution < -0.4 is 10.6 Å². The monoisotopic (exact) mass is 460 g/mol. The maximum absolute atomic E-state index is 12.0. The molecule has 0 atom stereocenters. The van der Waals surface area contributed by atoms with Crippen molar-refractivity contribution in [1.82, 2.24) is 15.2 Å². The van der Waals surface area contributed by atoms with Crippen LogP contribution in [0.25, 0.3) is 10.4 Å². The van der Waals surface area contributed by atoms with E-state index in [1.54, 1.807) is 11.3 Å². The second kappa shape index (κ2) is 10.8. The summed E-state index contributed by atoms with van der Waals surface area (Å²) >= 11 is 1.70. The van der Waals surface area contributed by atoms with Gasteiger partial charge in [0.2, 0.25) is 0 Å². The Labute approximate surface area is 193 Å². The van der Waals surface area contributed by atoms with E-state index in [0.29, 0.717) is 11.6 Å². The normalized spacial score (nSPS) is 18.6. The maximum atomic E-state index is 12.0. The maximum Gasteiger partial charge on any atom is 0.411 e. The smallest absolute Gasteiger partial charge is 0.411 e. The minimum Gasteiger partial charge on any atom is -0.465 e. The predicted octanol–water partition coefficient (Wildman–Crippen LogP) is 5.12. The highest BCUT2D eigenvalue weighted by atomic mass is 32.1. The van der Waals surface area contributed by atoms with Crippen LogP contribution >= 0.6 is 11.3 Å². The number of amides is 2. The van der Waals surface area contributed by atoms with Crippen molar-refractivity contribution < 1.29 is 19.4 Å². The van der Waals surface area contributed by atoms with Gasteiger partial charge in [-0.2, -0.15) is 0 Å². The number of hydrogen-bond donors (Lipinski definition) is 3. The molecule has 0 radical (unpaired) electrons. The van der Waals surface area contributed by atoms with E-state index >= 15 is 0 Å². The van der Waals surface area contributed by atoms with Crippen LogP contribution in [0.15, 0.2) is 24.4 Å². The third-order valence-corrected chi connectivity index (χ3v) is 6.57. The number of anilines is 1. The van der Waals surface area contributed by atoms with Crippen molar-refractivity contribution in [2.45, 2.75) is 64.1 Å². The molecule has 1 fully saturated rings. The van der Waals surface area contributed by atoms with Crippen LogP contribution in [0.4, 0.5) is 15.3 Å². The van der Waals surface area contributed by atoms with E-state index in [-0.39, 0.29) is 12.1 Å². The number of carbonyl (C=O) groups is 2. The van der Waals surface area contributed by atoms with E-state index in [9.17, 15) is 9.59 Å². The number of carboxylic acid groups (broad SMARTS) is 1. The summed E-state index contributed by atoms with van der Waals surface area (Å²) in [4.78, 5) is 30.7. The number of nitrogens with zero attached hydrogens (tertiary/aromatic N) is 2.